The van der Waals surface area contributed by atoms with Gasteiger partial charge in [-0.25, -0.2) is 0 Å². The fourth-order valence-corrected chi connectivity index (χ4v) is 1.53. The van der Waals surface area contributed by atoms with Gasteiger partial charge in [0.05, 0.1) is 0 Å². The highest BCUT2D eigenvalue weighted by molar-refractivity contribution is 4.97. The van der Waals surface area contributed by atoms with E-state index in [1.165, 1.54) is 19.3 Å². The molecule has 0 bridgehead atoms. The van der Waals surface area contributed by atoms with Crippen molar-refractivity contribution >= 4 is 0 Å². The lowest BCUT2D eigenvalue weighted by Gasteiger charge is -2.13. The Bertz CT molecular complexity index is 142. The average Bonchev–Trinajstić information content (AvgIpc) is 2.85. The predicted molar refractivity (Wildman–Crippen MR) is 52.4 cm³/mol. The van der Waals surface area contributed by atoms with Crippen LogP contribution < -0.4 is 5.73 Å². The average molecular weight is 187 g/mol. The van der Waals surface area contributed by atoms with Gasteiger partial charge in [0.15, 0.2) is 6.29 Å². The van der Waals surface area contributed by atoms with E-state index in [-0.39, 0.29) is 11.8 Å². The van der Waals surface area contributed by atoms with Crippen LogP contribution in [0.5, 0.6) is 0 Å². The molecule has 1 aliphatic carbocycles. The van der Waals surface area contributed by atoms with E-state index in [9.17, 15) is 0 Å². The van der Waals surface area contributed by atoms with E-state index in [2.05, 4.69) is 0 Å². The first-order valence-electron chi connectivity index (χ1n) is 5.05. The molecule has 2 N–H and O–H groups in total. The number of methoxy groups -OCH3 is 2. The summed E-state index contributed by atoms with van der Waals surface area (Å²) in [6.07, 6.45) is 6.87. The van der Waals surface area contributed by atoms with Crippen LogP contribution in [0.25, 0.3) is 0 Å². The van der Waals surface area contributed by atoms with Crippen LogP contribution in [0.3, 0.4) is 0 Å². The third-order valence-electron chi connectivity index (χ3n) is 2.78. The van der Waals surface area contributed by atoms with Crippen molar-refractivity contribution < 1.29 is 9.47 Å². The minimum atomic E-state index is -0.0343. The molecular weight excluding hydrogens is 166 g/mol. The van der Waals surface area contributed by atoms with Gasteiger partial charge in [-0.2, -0.15) is 0 Å². The van der Waals surface area contributed by atoms with Crippen LogP contribution in [0.4, 0.5) is 0 Å². The predicted octanol–water partition coefficient (Wildman–Crippen LogP) is 1.66. The molecule has 0 aromatic heterocycles. The van der Waals surface area contributed by atoms with E-state index >= 15 is 0 Å². The minimum Gasteiger partial charge on any atom is -0.356 e. The zero-order chi connectivity index (χ0) is 9.73. The van der Waals surface area contributed by atoms with E-state index in [0.717, 1.165) is 19.3 Å². The Morgan fingerprint density at radius 1 is 1.23 bits per heavy atom. The molecule has 0 atom stereocenters. The van der Waals surface area contributed by atoms with E-state index in [0.29, 0.717) is 0 Å². The first-order valence-corrected chi connectivity index (χ1v) is 5.05. The summed E-state index contributed by atoms with van der Waals surface area (Å²) in [5, 5.41) is 0. The second-order valence-corrected chi connectivity index (χ2v) is 4.01. The highest BCUT2D eigenvalue weighted by Crippen LogP contribution is 2.37. The molecule has 78 valence electrons. The van der Waals surface area contributed by atoms with Crippen molar-refractivity contribution in [2.24, 2.45) is 5.73 Å². The lowest BCUT2D eigenvalue weighted by molar-refractivity contribution is -0.107. The van der Waals surface area contributed by atoms with Crippen molar-refractivity contribution in [1.29, 1.82) is 0 Å². The summed E-state index contributed by atoms with van der Waals surface area (Å²) in [5.74, 6) is 0. The van der Waals surface area contributed by atoms with Crippen LogP contribution in [0, 0.1) is 0 Å². The molecule has 0 heterocycles. The van der Waals surface area contributed by atoms with E-state index in [4.69, 9.17) is 15.2 Å². The number of hydrogen-bond acceptors (Lipinski definition) is 3. The smallest absolute Gasteiger partial charge is 0.156 e. The number of rotatable bonds is 7. The van der Waals surface area contributed by atoms with Gasteiger partial charge in [-0.15, -0.1) is 0 Å². The monoisotopic (exact) mass is 187 g/mol. The molecule has 0 aliphatic heterocycles. The molecule has 0 amide bonds. The number of ether oxygens (including phenoxy) is 2. The van der Waals surface area contributed by atoms with Gasteiger partial charge in [0.1, 0.15) is 0 Å². The standard InChI is InChI=1S/C10H21NO2/c1-12-9(13-2)5-3-4-6-10(11)7-8-10/h9H,3-8,11H2,1-2H3. The van der Waals surface area contributed by atoms with Crippen LogP contribution in [-0.2, 0) is 9.47 Å². The highest BCUT2D eigenvalue weighted by Gasteiger charge is 2.36. The molecule has 0 aromatic carbocycles. The van der Waals surface area contributed by atoms with Crippen molar-refractivity contribution in [2.45, 2.75) is 50.4 Å². The van der Waals surface area contributed by atoms with Gasteiger partial charge >= 0.3 is 0 Å². The Balaban J connectivity index is 1.93. The fraction of sp³-hybridized carbons (Fsp3) is 1.00. The summed E-state index contributed by atoms with van der Waals surface area (Å²) < 4.78 is 10.2. The minimum absolute atomic E-state index is 0.0343. The summed E-state index contributed by atoms with van der Waals surface area (Å²) in [6.45, 7) is 0. The summed E-state index contributed by atoms with van der Waals surface area (Å²) in [7, 11) is 3.36. The fourth-order valence-electron chi connectivity index (χ4n) is 1.53. The van der Waals surface area contributed by atoms with Crippen molar-refractivity contribution in [3.8, 4) is 0 Å². The molecule has 0 radical (unpaired) electrons. The quantitative estimate of drug-likeness (QED) is 0.487. The van der Waals surface area contributed by atoms with Gasteiger partial charge < -0.3 is 15.2 Å². The molecular formula is C10H21NO2. The van der Waals surface area contributed by atoms with Crippen molar-refractivity contribution in [3.05, 3.63) is 0 Å². The molecule has 1 saturated carbocycles. The maximum absolute atomic E-state index is 5.97. The molecule has 0 saturated heterocycles. The van der Waals surface area contributed by atoms with Crippen LogP contribution in [-0.4, -0.2) is 26.0 Å². The summed E-state index contributed by atoms with van der Waals surface area (Å²) >= 11 is 0. The number of nitrogens with two attached hydrogens (primary N) is 1. The van der Waals surface area contributed by atoms with Gasteiger partial charge in [-0.1, -0.05) is 6.42 Å². The topological polar surface area (TPSA) is 44.5 Å². The summed E-state index contributed by atoms with van der Waals surface area (Å²) in [4.78, 5) is 0. The first kappa shape index (κ1) is 11.0. The van der Waals surface area contributed by atoms with Crippen molar-refractivity contribution in [2.75, 3.05) is 14.2 Å². The third-order valence-corrected chi connectivity index (χ3v) is 2.78. The van der Waals surface area contributed by atoms with Crippen LogP contribution >= 0.6 is 0 Å². The SMILES string of the molecule is COC(CCCCC1(N)CC1)OC. The first-order chi connectivity index (χ1) is 6.20. The number of unbranched alkanes of at least 4 members (excludes halogenated alkanes) is 1. The van der Waals surface area contributed by atoms with E-state index in [1.807, 2.05) is 0 Å². The normalized spacial score (nSPS) is 19.4. The Morgan fingerprint density at radius 2 is 1.85 bits per heavy atom. The largest absolute Gasteiger partial charge is 0.356 e. The van der Waals surface area contributed by atoms with Gasteiger partial charge in [-0.3, -0.25) is 0 Å². The third kappa shape index (κ3) is 4.07. The second-order valence-electron chi connectivity index (χ2n) is 4.01. The zero-order valence-electron chi connectivity index (χ0n) is 8.71. The second kappa shape index (κ2) is 4.94. The highest BCUT2D eigenvalue weighted by atomic mass is 16.7. The Hall–Kier alpha value is -0.120. The van der Waals surface area contributed by atoms with E-state index < -0.39 is 0 Å². The molecule has 1 fully saturated rings. The van der Waals surface area contributed by atoms with Crippen molar-refractivity contribution in [3.63, 3.8) is 0 Å². The van der Waals surface area contributed by atoms with Gasteiger partial charge in [0.2, 0.25) is 0 Å². The van der Waals surface area contributed by atoms with E-state index in [1.54, 1.807) is 14.2 Å². The summed E-state index contributed by atoms with van der Waals surface area (Å²) in [5.41, 5.74) is 6.17. The molecule has 0 spiro atoms. The summed E-state index contributed by atoms with van der Waals surface area (Å²) in [6, 6.07) is 0. The van der Waals surface area contributed by atoms with Crippen LogP contribution in [0.15, 0.2) is 0 Å². The molecule has 0 aromatic rings. The Labute approximate surface area is 80.6 Å². The molecule has 1 aliphatic rings. The van der Waals surface area contributed by atoms with Gasteiger partial charge in [0.25, 0.3) is 0 Å². The van der Waals surface area contributed by atoms with Crippen molar-refractivity contribution in [1.82, 2.24) is 0 Å². The zero-order valence-corrected chi connectivity index (χ0v) is 8.71. The lowest BCUT2D eigenvalue weighted by atomic mass is 10.1. The molecule has 3 heteroatoms. The maximum Gasteiger partial charge on any atom is 0.156 e. The van der Waals surface area contributed by atoms with Gasteiger partial charge in [-0.05, 0) is 32.1 Å². The molecule has 1 rings (SSSR count). The maximum atomic E-state index is 5.97. The number of hydrogen-bond donors (Lipinski definition) is 1. The Kier molecular flexibility index (Phi) is 4.16. The van der Waals surface area contributed by atoms with Crippen LogP contribution in [0.2, 0.25) is 0 Å². The van der Waals surface area contributed by atoms with Crippen LogP contribution in [0.1, 0.15) is 38.5 Å². The Morgan fingerprint density at radius 3 is 2.31 bits per heavy atom. The molecule has 13 heavy (non-hydrogen) atoms. The lowest BCUT2D eigenvalue weighted by Crippen LogP contribution is -2.21. The van der Waals surface area contributed by atoms with Gasteiger partial charge in [0, 0.05) is 19.8 Å². The molecule has 3 nitrogen and oxygen atoms in total. The molecule has 0 unspecified atom stereocenters.